The third-order valence-electron chi connectivity index (χ3n) is 3.22. The summed E-state index contributed by atoms with van der Waals surface area (Å²) in [6, 6.07) is 4.79. The first kappa shape index (κ1) is 12.0. The van der Waals surface area contributed by atoms with E-state index in [1.54, 1.807) is 0 Å². The van der Waals surface area contributed by atoms with Crippen molar-refractivity contribution in [3.63, 3.8) is 0 Å². The van der Waals surface area contributed by atoms with Gasteiger partial charge in [0, 0.05) is 42.9 Å². The molecular formula is C12H18BrN3. The average Bonchev–Trinajstić information content (AvgIpc) is 2.27. The minimum atomic E-state index is 0.643. The topological polar surface area (TPSA) is 19.4 Å². The van der Waals surface area contributed by atoms with Crippen molar-refractivity contribution in [2.45, 2.75) is 19.5 Å². The molecule has 1 atom stereocenters. The molecule has 16 heavy (non-hydrogen) atoms. The molecule has 0 N–H and O–H groups in total. The van der Waals surface area contributed by atoms with Crippen LogP contribution in [0.25, 0.3) is 0 Å². The second kappa shape index (κ2) is 5.25. The first-order valence-electron chi connectivity index (χ1n) is 5.68. The molecule has 1 aromatic heterocycles. The van der Waals surface area contributed by atoms with Crippen LogP contribution in [0, 0.1) is 0 Å². The molecule has 4 heteroatoms. The minimum absolute atomic E-state index is 0.643. The summed E-state index contributed by atoms with van der Waals surface area (Å²) in [4.78, 5) is 9.30. The Balaban J connectivity index is 1.93. The van der Waals surface area contributed by atoms with Crippen molar-refractivity contribution in [1.29, 1.82) is 0 Å². The van der Waals surface area contributed by atoms with Crippen LogP contribution < -0.4 is 0 Å². The fraction of sp³-hybridized carbons (Fsp3) is 0.583. The average molecular weight is 284 g/mol. The fourth-order valence-electron chi connectivity index (χ4n) is 2.00. The summed E-state index contributed by atoms with van der Waals surface area (Å²) in [6.45, 7) is 6.66. The molecule has 3 nitrogen and oxygen atoms in total. The van der Waals surface area contributed by atoms with Crippen molar-refractivity contribution >= 4 is 15.9 Å². The van der Waals surface area contributed by atoms with E-state index in [9.17, 15) is 0 Å². The molecule has 0 spiro atoms. The second-order valence-corrected chi connectivity index (χ2v) is 5.45. The maximum atomic E-state index is 4.41. The molecule has 1 fully saturated rings. The van der Waals surface area contributed by atoms with Crippen LogP contribution in [0.15, 0.2) is 22.8 Å². The number of nitrogens with zero attached hydrogens (tertiary/aromatic N) is 3. The maximum Gasteiger partial charge on any atom is 0.0544 e. The van der Waals surface area contributed by atoms with E-state index >= 15 is 0 Å². The fourth-order valence-corrected chi connectivity index (χ4v) is 2.23. The Bertz CT molecular complexity index is 339. The zero-order valence-electron chi connectivity index (χ0n) is 9.86. The molecule has 2 heterocycles. The van der Waals surface area contributed by atoms with Crippen LogP contribution in [0.2, 0.25) is 0 Å². The highest BCUT2D eigenvalue weighted by Crippen LogP contribution is 2.12. The molecule has 1 aromatic rings. The standard InChI is InChI=1S/C12H18BrN3/c1-10-8-16(6-5-15(10)2)9-12-4-3-11(13)7-14-12/h3-4,7,10H,5-6,8-9H2,1-2H3. The highest BCUT2D eigenvalue weighted by molar-refractivity contribution is 9.10. The largest absolute Gasteiger partial charge is 0.301 e. The second-order valence-electron chi connectivity index (χ2n) is 4.53. The lowest BCUT2D eigenvalue weighted by atomic mass is 10.2. The van der Waals surface area contributed by atoms with E-state index in [0.29, 0.717) is 6.04 Å². The number of aromatic nitrogens is 1. The molecule has 0 saturated carbocycles. The molecule has 1 aliphatic heterocycles. The number of likely N-dealkylation sites (N-methyl/N-ethyl adjacent to an activating group) is 1. The zero-order valence-corrected chi connectivity index (χ0v) is 11.4. The van der Waals surface area contributed by atoms with Crippen LogP contribution in [0.1, 0.15) is 12.6 Å². The maximum absolute atomic E-state index is 4.41. The Morgan fingerprint density at radius 1 is 1.44 bits per heavy atom. The number of halogens is 1. The van der Waals surface area contributed by atoms with Crippen molar-refractivity contribution in [3.05, 3.63) is 28.5 Å². The van der Waals surface area contributed by atoms with Crippen LogP contribution in [-0.4, -0.2) is 47.5 Å². The van der Waals surface area contributed by atoms with Crippen molar-refractivity contribution in [2.75, 3.05) is 26.7 Å². The van der Waals surface area contributed by atoms with Crippen LogP contribution in [0.4, 0.5) is 0 Å². The number of hydrogen-bond donors (Lipinski definition) is 0. The van der Waals surface area contributed by atoms with Gasteiger partial charge in [0.15, 0.2) is 0 Å². The molecule has 0 aromatic carbocycles. The zero-order chi connectivity index (χ0) is 11.5. The van der Waals surface area contributed by atoms with Gasteiger partial charge in [-0.05, 0) is 42.0 Å². The van der Waals surface area contributed by atoms with E-state index in [2.05, 4.69) is 56.8 Å². The third-order valence-corrected chi connectivity index (χ3v) is 3.69. The van der Waals surface area contributed by atoms with E-state index in [0.717, 1.165) is 36.3 Å². The van der Waals surface area contributed by atoms with Crippen molar-refractivity contribution in [3.8, 4) is 0 Å². The Morgan fingerprint density at radius 3 is 2.88 bits per heavy atom. The molecular weight excluding hydrogens is 266 g/mol. The van der Waals surface area contributed by atoms with Gasteiger partial charge in [-0.2, -0.15) is 0 Å². The van der Waals surface area contributed by atoms with Gasteiger partial charge in [0.05, 0.1) is 5.69 Å². The third kappa shape index (κ3) is 3.03. The quantitative estimate of drug-likeness (QED) is 0.828. The number of rotatable bonds is 2. The van der Waals surface area contributed by atoms with E-state index in [4.69, 9.17) is 0 Å². The molecule has 0 amide bonds. The normalized spacial score (nSPS) is 23.6. The summed E-state index contributed by atoms with van der Waals surface area (Å²) in [5.41, 5.74) is 1.15. The van der Waals surface area contributed by atoms with Gasteiger partial charge in [0.1, 0.15) is 0 Å². The summed E-state index contributed by atoms with van der Waals surface area (Å²) in [5, 5.41) is 0. The molecule has 1 unspecified atom stereocenters. The highest BCUT2D eigenvalue weighted by atomic mass is 79.9. The first-order valence-corrected chi connectivity index (χ1v) is 6.47. The smallest absolute Gasteiger partial charge is 0.0544 e. The van der Waals surface area contributed by atoms with Crippen molar-refractivity contribution < 1.29 is 0 Å². The summed E-state index contributed by atoms with van der Waals surface area (Å²) in [5.74, 6) is 0. The summed E-state index contributed by atoms with van der Waals surface area (Å²) >= 11 is 3.41. The summed E-state index contributed by atoms with van der Waals surface area (Å²) < 4.78 is 1.04. The Morgan fingerprint density at radius 2 is 2.25 bits per heavy atom. The van der Waals surface area contributed by atoms with E-state index < -0.39 is 0 Å². The van der Waals surface area contributed by atoms with Gasteiger partial charge in [0.25, 0.3) is 0 Å². The van der Waals surface area contributed by atoms with E-state index in [1.165, 1.54) is 0 Å². The van der Waals surface area contributed by atoms with Crippen LogP contribution in [0.3, 0.4) is 0 Å². The van der Waals surface area contributed by atoms with Gasteiger partial charge in [-0.15, -0.1) is 0 Å². The Labute approximate surface area is 106 Å². The summed E-state index contributed by atoms with van der Waals surface area (Å²) in [6.07, 6.45) is 1.87. The predicted octanol–water partition coefficient (Wildman–Crippen LogP) is 1.98. The lowest BCUT2D eigenvalue weighted by molar-refractivity contribution is 0.0990. The number of hydrogen-bond acceptors (Lipinski definition) is 3. The van der Waals surface area contributed by atoms with Gasteiger partial charge >= 0.3 is 0 Å². The van der Waals surface area contributed by atoms with Crippen LogP contribution in [-0.2, 0) is 6.54 Å². The Hall–Kier alpha value is -0.450. The molecule has 1 aliphatic rings. The highest BCUT2D eigenvalue weighted by Gasteiger charge is 2.20. The number of piperazine rings is 1. The SMILES string of the molecule is CC1CN(Cc2ccc(Br)cn2)CCN1C. The summed E-state index contributed by atoms with van der Waals surface area (Å²) in [7, 11) is 2.19. The monoisotopic (exact) mass is 283 g/mol. The van der Waals surface area contributed by atoms with Gasteiger partial charge in [-0.1, -0.05) is 0 Å². The van der Waals surface area contributed by atoms with Crippen LogP contribution in [0.5, 0.6) is 0 Å². The molecule has 88 valence electrons. The molecule has 2 rings (SSSR count). The van der Waals surface area contributed by atoms with Crippen molar-refractivity contribution in [2.24, 2.45) is 0 Å². The molecule has 0 aliphatic carbocycles. The molecule has 0 bridgehead atoms. The van der Waals surface area contributed by atoms with Gasteiger partial charge in [0.2, 0.25) is 0 Å². The van der Waals surface area contributed by atoms with E-state index in [1.807, 2.05) is 6.20 Å². The molecule has 0 radical (unpaired) electrons. The first-order chi connectivity index (χ1) is 7.65. The van der Waals surface area contributed by atoms with Gasteiger partial charge in [-0.25, -0.2) is 0 Å². The Kier molecular flexibility index (Phi) is 3.95. The van der Waals surface area contributed by atoms with Crippen LogP contribution >= 0.6 is 15.9 Å². The van der Waals surface area contributed by atoms with E-state index in [-0.39, 0.29) is 0 Å². The predicted molar refractivity (Wildman–Crippen MR) is 69.3 cm³/mol. The lowest BCUT2D eigenvalue weighted by Gasteiger charge is -2.37. The van der Waals surface area contributed by atoms with Gasteiger partial charge < -0.3 is 4.90 Å². The molecule has 1 saturated heterocycles. The number of pyridine rings is 1. The van der Waals surface area contributed by atoms with Crippen molar-refractivity contribution in [1.82, 2.24) is 14.8 Å². The lowest BCUT2D eigenvalue weighted by Crippen LogP contribution is -2.49. The minimum Gasteiger partial charge on any atom is -0.301 e. The van der Waals surface area contributed by atoms with Gasteiger partial charge in [-0.3, -0.25) is 9.88 Å².